The van der Waals surface area contributed by atoms with Gasteiger partial charge in [-0.05, 0) is 37.5 Å². The summed E-state index contributed by atoms with van der Waals surface area (Å²) >= 11 is 1.51. The monoisotopic (exact) mass is 355 g/mol. The summed E-state index contributed by atoms with van der Waals surface area (Å²) in [4.78, 5) is 16.0. The van der Waals surface area contributed by atoms with E-state index >= 15 is 0 Å². The summed E-state index contributed by atoms with van der Waals surface area (Å²) in [5.41, 5.74) is 2.68. The molecule has 4 rings (SSSR count). The summed E-state index contributed by atoms with van der Waals surface area (Å²) in [7, 11) is 1.57. The van der Waals surface area contributed by atoms with Crippen molar-refractivity contribution < 1.29 is 14.6 Å². The van der Waals surface area contributed by atoms with Gasteiger partial charge in [0.05, 0.1) is 18.2 Å². The number of hydrogen-bond donors (Lipinski definition) is 1. The molecule has 6 nitrogen and oxygen atoms in total. The average Bonchev–Trinajstić information content (AvgIpc) is 3.06. The van der Waals surface area contributed by atoms with Crippen molar-refractivity contribution in [1.82, 2.24) is 14.8 Å². The summed E-state index contributed by atoms with van der Waals surface area (Å²) in [6.07, 6.45) is 4.95. The molecule has 1 N–H and O–H groups in total. The van der Waals surface area contributed by atoms with E-state index in [9.17, 15) is 9.90 Å². The number of rotatable bonds is 5. The maximum Gasteiger partial charge on any atom is 0.314 e. The standard InChI is InChI=1S/C18H17N3O3S/c1-11-13(10-21(20-11)17-19-7-8-25-17)12-3-4-15(24-2)14(9-12)18(5-6-18)16(22)23/h3-4,7-10H,5-6H2,1-2H3,(H,22,23). The van der Waals surface area contributed by atoms with Crippen molar-refractivity contribution in [3.05, 3.63) is 47.2 Å². The molecule has 25 heavy (non-hydrogen) atoms. The van der Waals surface area contributed by atoms with Gasteiger partial charge in [-0.1, -0.05) is 6.07 Å². The minimum Gasteiger partial charge on any atom is -0.496 e. The van der Waals surface area contributed by atoms with E-state index in [1.807, 2.05) is 36.7 Å². The predicted molar refractivity (Wildman–Crippen MR) is 94.5 cm³/mol. The molecule has 0 amide bonds. The third-order valence-electron chi connectivity index (χ3n) is 4.70. The minimum atomic E-state index is -0.819. The number of carboxylic acid groups (broad SMARTS) is 1. The van der Waals surface area contributed by atoms with Crippen molar-refractivity contribution in [2.45, 2.75) is 25.2 Å². The van der Waals surface area contributed by atoms with Crippen molar-refractivity contribution in [3.8, 4) is 22.0 Å². The maximum absolute atomic E-state index is 11.7. The number of thiazole rings is 1. The van der Waals surface area contributed by atoms with Crippen LogP contribution in [0.3, 0.4) is 0 Å². The van der Waals surface area contributed by atoms with Crippen molar-refractivity contribution in [1.29, 1.82) is 0 Å². The molecule has 1 aliphatic rings. The van der Waals surface area contributed by atoms with Gasteiger partial charge in [0.2, 0.25) is 5.13 Å². The van der Waals surface area contributed by atoms with Crippen LogP contribution in [0.15, 0.2) is 36.0 Å². The highest BCUT2D eigenvalue weighted by Gasteiger charge is 2.53. The molecule has 3 aromatic rings. The molecule has 0 atom stereocenters. The summed E-state index contributed by atoms with van der Waals surface area (Å²) < 4.78 is 7.17. The van der Waals surface area contributed by atoms with Crippen LogP contribution in [0.25, 0.3) is 16.3 Å². The Labute approximate surface area is 148 Å². The lowest BCUT2D eigenvalue weighted by Gasteiger charge is -2.16. The molecular formula is C18H17N3O3S. The van der Waals surface area contributed by atoms with E-state index in [0.717, 1.165) is 27.5 Å². The summed E-state index contributed by atoms with van der Waals surface area (Å²) in [5, 5.41) is 16.9. The lowest BCUT2D eigenvalue weighted by molar-refractivity contribution is -0.140. The second-order valence-corrected chi connectivity index (χ2v) is 7.06. The zero-order chi connectivity index (χ0) is 17.6. The zero-order valence-corrected chi connectivity index (χ0v) is 14.7. The van der Waals surface area contributed by atoms with Gasteiger partial charge in [0, 0.05) is 28.9 Å². The number of hydrogen-bond acceptors (Lipinski definition) is 5. The van der Waals surface area contributed by atoms with Crippen LogP contribution < -0.4 is 4.74 Å². The number of benzene rings is 1. The van der Waals surface area contributed by atoms with Gasteiger partial charge < -0.3 is 9.84 Å². The number of nitrogens with zero attached hydrogens (tertiary/aromatic N) is 3. The Balaban J connectivity index is 1.81. The van der Waals surface area contributed by atoms with Crippen molar-refractivity contribution in [2.75, 3.05) is 7.11 Å². The summed E-state index contributed by atoms with van der Waals surface area (Å²) in [5.74, 6) is -0.174. The van der Waals surface area contributed by atoms with E-state index in [2.05, 4.69) is 10.1 Å². The van der Waals surface area contributed by atoms with E-state index in [0.29, 0.717) is 18.6 Å². The first kappa shape index (κ1) is 15.8. The largest absolute Gasteiger partial charge is 0.496 e. The molecule has 1 aliphatic carbocycles. The predicted octanol–water partition coefficient (Wildman–Crippen LogP) is 3.43. The summed E-state index contributed by atoms with van der Waals surface area (Å²) in [6.45, 7) is 1.94. The Morgan fingerprint density at radius 1 is 1.40 bits per heavy atom. The lowest BCUT2D eigenvalue weighted by Crippen LogP contribution is -2.20. The van der Waals surface area contributed by atoms with Crippen molar-refractivity contribution in [2.24, 2.45) is 0 Å². The molecule has 0 radical (unpaired) electrons. The fraction of sp³-hybridized carbons (Fsp3) is 0.278. The van der Waals surface area contributed by atoms with E-state index in [-0.39, 0.29) is 0 Å². The van der Waals surface area contributed by atoms with Crippen LogP contribution in [0, 0.1) is 6.92 Å². The number of aliphatic carboxylic acids is 1. The molecule has 7 heteroatoms. The van der Waals surface area contributed by atoms with Gasteiger partial charge in [-0.3, -0.25) is 4.79 Å². The van der Waals surface area contributed by atoms with Gasteiger partial charge in [-0.15, -0.1) is 11.3 Å². The smallest absolute Gasteiger partial charge is 0.314 e. The fourth-order valence-corrected chi connectivity index (χ4v) is 3.71. The third-order valence-corrected chi connectivity index (χ3v) is 5.46. The Hall–Kier alpha value is -2.67. The van der Waals surface area contributed by atoms with Gasteiger partial charge in [0.1, 0.15) is 5.75 Å². The minimum absolute atomic E-state index is 0.619. The Bertz CT molecular complexity index is 943. The second kappa shape index (κ2) is 5.70. The fourth-order valence-electron chi connectivity index (χ4n) is 3.14. The number of methoxy groups -OCH3 is 1. The van der Waals surface area contributed by atoms with Crippen LogP contribution in [-0.4, -0.2) is 33.0 Å². The van der Waals surface area contributed by atoms with Crippen LogP contribution >= 0.6 is 11.3 Å². The Morgan fingerprint density at radius 3 is 2.80 bits per heavy atom. The Kier molecular flexibility index (Phi) is 3.61. The number of carboxylic acids is 1. The summed E-state index contributed by atoms with van der Waals surface area (Å²) in [6, 6.07) is 5.71. The molecule has 0 unspecified atom stereocenters. The first-order valence-electron chi connectivity index (χ1n) is 7.93. The van der Waals surface area contributed by atoms with Crippen LogP contribution in [-0.2, 0) is 10.2 Å². The highest BCUT2D eigenvalue weighted by atomic mass is 32.1. The normalized spacial score (nSPS) is 15.1. The SMILES string of the molecule is COc1ccc(-c2cn(-c3nccs3)nc2C)cc1C1(C(=O)O)CC1. The van der Waals surface area contributed by atoms with Gasteiger partial charge >= 0.3 is 5.97 Å². The highest BCUT2D eigenvalue weighted by Crippen LogP contribution is 2.52. The topological polar surface area (TPSA) is 77.2 Å². The molecule has 0 bridgehead atoms. The van der Waals surface area contributed by atoms with Crippen molar-refractivity contribution >= 4 is 17.3 Å². The Morgan fingerprint density at radius 2 is 2.20 bits per heavy atom. The average molecular weight is 355 g/mol. The molecule has 2 aromatic heterocycles. The zero-order valence-electron chi connectivity index (χ0n) is 13.9. The number of aryl methyl sites for hydroxylation is 1. The maximum atomic E-state index is 11.7. The molecule has 1 fully saturated rings. The molecule has 0 aliphatic heterocycles. The highest BCUT2D eigenvalue weighted by molar-refractivity contribution is 7.12. The van der Waals surface area contributed by atoms with E-state index < -0.39 is 11.4 Å². The van der Waals surface area contributed by atoms with E-state index in [4.69, 9.17) is 4.74 Å². The number of ether oxygens (including phenoxy) is 1. The molecule has 0 saturated heterocycles. The molecule has 1 aromatic carbocycles. The van der Waals surface area contributed by atoms with E-state index in [1.54, 1.807) is 18.0 Å². The van der Waals surface area contributed by atoms with Gasteiger partial charge in [-0.25, -0.2) is 9.67 Å². The number of aromatic nitrogens is 3. The van der Waals surface area contributed by atoms with Gasteiger partial charge in [0.25, 0.3) is 0 Å². The quantitative estimate of drug-likeness (QED) is 0.759. The molecular weight excluding hydrogens is 338 g/mol. The van der Waals surface area contributed by atoms with Crippen LogP contribution in [0.1, 0.15) is 24.1 Å². The van der Waals surface area contributed by atoms with Gasteiger partial charge in [0.15, 0.2) is 0 Å². The second-order valence-electron chi connectivity index (χ2n) is 6.19. The number of carbonyl (C=O) groups is 1. The van der Waals surface area contributed by atoms with Crippen molar-refractivity contribution in [3.63, 3.8) is 0 Å². The molecule has 2 heterocycles. The van der Waals surface area contributed by atoms with E-state index in [1.165, 1.54) is 11.3 Å². The lowest BCUT2D eigenvalue weighted by atomic mass is 9.92. The van der Waals surface area contributed by atoms with Gasteiger partial charge in [-0.2, -0.15) is 5.10 Å². The first-order valence-corrected chi connectivity index (χ1v) is 8.81. The van der Waals surface area contributed by atoms with Crippen LogP contribution in [0.2, 0.25) is 0 Å². The van der Waals surface area contributed by atoms with Crippen LogP contribution in [0.4, 0.5) is 0 Å². The molecule has 128 valence electrons. The molecule has 1 saturated carbocycles. The molecule has 0 spiro atoms. The van der Waals surface area contributed by atoms with Crippen LogP contribution in [0.5, 0.6) is 5.75 Å². The third kappa shape index (κ3) is 2.51. The first-order chi connectivity index (χ1) is 12.0.